The Morgan fingerprint density at radius 1 is 1.13 bits per heavy atom. The van der Waals surface area contributed by atoms with Crippen LogP contribution in [0.25, 0.3) is 0 Å². The van der Waals surface area contributed by atoms with Gasteiger partial charge >= 0.3 is 0 Å². The van der Waals surface area contributed by atoms with Gasteiger partial charge < -0.3 is 10.6 Å². The van der Waals surface area contributed by atoms with E-state index in [1.54, 1.807) is 12.1 Å². The van der Waals surface area contributed by atoms with Crippen LogP contribution in [0.4, 0.5) is 10.1 Å². The van der Waals surface area contributed by atoms with Crippen LogP contribution in [-0.2, 0) is 4.79 Å². The number of carbonyl (C=O) groups is 1. The lowest BCUT2D eigenvalue weighted by Gasteiger charge is -2.19. The van der Waals surface area contributed by atoms with E-state index in [4.69, 9.17) is 0 Å². The van der Waals surface area contributed by atoms with E-state index < -0.39 is 0 Å². The Bertz CT molecular complexity index is 637. The van der Waals surface area contributed by atoms with Crippen molar-refractivity contribution in [3.63, 3.8) is 0 Å². The minimum Gasteiger partial charge on any atom is -0.330 e. The van der Waals surface area contributed by atoms with Crippen LogP contribution in [0.5, 0.6) is 0 Å². The second kappa shape index (κ2) is 7.88. The summed E-state index contributed by atoms with van der Waals surface area (Å²) in [6.45, 7) is 6.06. The molecule has 0 spiro atoms. The monoisotopic (exact) mass is 315 g/mol. The number of halogens is 1. The van der Waals surface area contributed by atoms with Crippen molar-refractivity contribution in [1.29, 1.82) is 0 Å². The van der Waals surface area contributed by atoms with Gasteiger partial charge in [-0.05, 0) is 38.1 Å². The van der Waals surface area contributed by atoms with E-state index >= 15 is 0 Å². The van der Waals surface area contributed by atoms with E-state index in [0.29, 0.717) is 5.69 Å². The average Bonchev–Trinajstić information content (AvgIpc) is 2.55. The van der Waals surface area contributed by atoms with Crippen molar-refractivity contribution in [2.24, 2.45) is 0 Å². The molecule has 2 atom stereocenters. The Labute approximate surface area is 136 Å². The van der Waals surface area contributed by atoms with E-state index in [0.717, 1.165) is 6.42 Å². The molecule has 0 radical (unpaired) electrons. The first kappa shape index (κ1) is 17.2. The number of amides is 1. The van der Waals surface area contributed by atoms with Crippen molar-refractivity contribution < 1.29 is 14.5 Å². The highest BCUT2D eigenvalue weighted by Gasteiger charge is 2.22. The summed E-state index contributed by atoms with van der Waals surface area (Å²) >= 11 is 0. The van der Waals surface area contributed by atoms with E-state index in [1.807, 2.05) is 6.92 Å². The third-order valence-corrected chi connectivity index (χ3v) is 3.99. The van der Waals surface area contributed by atoms with Crippen molar-refractivity contribution in [2.75, 3.05) is 5.32 Å². The summed E-state index contributed by atoms with van der Waals surface area (Å²) in [5.74, 6) is -0.393. The largest absolute Gasteiger partial charge is 0.330 e. The second-order valence-corrected chi connectivity index (χ2v) is 5.90. The van der Waals surface area contributed by atoms with Crippen LogP contribution in [-0.4, -0.2) is 11.9 Å². The van der Waals surface area contributed by atoms with Gasteiger partial charge in [-0.25, -0.2) is 4.39 Å². The second-order valence-electron chi connectivity index (χ2n) is 5.90. The summed E-state index contributed by atoms with van der Waals surface area (Å²) in [4.78, 5) is 12.3. The first-order chi connectivity index (χ1) is 11.0. The number of hydrogen-bond donors (Lipinski definition) is 2. The fourth-order valence-electron chi connectivity index (χ4n) is 2.52. The van der Waals surface area contributed by atoms with Gasteiger partial charge in [0.15, 0.2) is 6.04 Å². The molecule has 0 bridgehead atoms. The van der Waals surface area contributed by atoms with Gasteiger partial charge in [-0.3, -0.25) is 4.79 Å². The predicted octanol–water partition coefficient (Wildman–Crippen LogP) is 3.18. The Morgan fingerprint density at radius 3 is 2.30 bits per heavy atom. The Balaban J connectivity index is 1.98. The number of carbonyl (C=O) groups excluding carboxylic acids is 1. The first-order valence-electron chi connectivity index (χ1n) is 7.97. The summed E-state index contributed by atoms with van der Waals surface area (Å²) in [5.41, 5.74) is 3.06. The standard InChI is InChI=1S/C19H23FN2O/c1-4-18(15-7-5-13(2)6-8-15)21-14(3)19(23)22-17-11-9-16(20)10-12-17/h5-12,14,18,21H,4H2,1-3H3,(H,22,23)/p+1/t14-,18+/m0/s1. The summed E-state index contributed by atoms with van der Waals surface area (Å²) in [6.07, 6.45) is 0.942. The van der Waals surface area contributed by atoms with Crippen LogP contribution in [0.2, 0.25) is 0 Å². The molecular formula is C19H24FN2O+. The molecule has 0 unspecified atom stereocenters. The van der Waals surface area contributed by atoms with Crippen molar-refractivity contribution in [3.8, 4) is 0 Å². The van der Waals surface area contributed by atoms with Gasteiger partial charge in [0.05, 0.1) is 0 Å². The molecule has 0 aliphatic carbocycles. The minimum atomic E-state index is -0.312. The fourth-order valence-corrected chi connectivity index (χ4v) is 2.52. The first-order valence-corrected chi connectivity index (χ1v) is 7.97. The average molecular weight is 315 g/mol. The van der Waals surface area contributed by atoms with Crippen molar-refractivity contribution in [2.45, 2.75) is 39.3 Å². The molecule has 1 amide bonds. The highest BCUT2D eigenvalue weighted by molar-refractivity contribution is 5.93. The lowest BCUT2D eigenvalue weighted by molar-refractivity contribution is -0.713. The highest BCUT2D eigenvalue weighted by atomic mass is 19.1. The van der Waals surface area contributed by atoms with Crippen LogP contribution < -0.4 is 10.6 Å². The molecular weight excluding hydrogens is 291 g/mol. The van der Waals surface area contributed by atoms with Crippen LogP contribution >= 0.6 is 0 Å². The number of rotatable bonds is 6. The summed E-state index contributed by atoms with van der Waals surface area (Å²) in [6, 6.07) is 14.2. The number of nitrogens with one attached hydrogen (secondary N) is 1. The number of benzene rings is 2. The molecule has 122 valence electrons. The maximum atomic E-state index is 12.9. The number of quaternary nitrogens is 1. The lowest BCUT2D eigenvalue weighted by Crippen LogP contribution is -2.92. The topological polar surface area (TPSA) is 45.7 Å². The summed E-state index contributed by atoms with van der Waals surface area (Å²) in [5, 5.41) is 4.90. The SMILES string of the molecule is CC[C@@H]([NH2+][C@@H](C)C(=O)Nc1ccc(F)cc1)c1ccc(C)cc1. The zero-order valence-corrected chi connectivity index (χ0v) is 13.8. The van der Waals surface area contributed by atoms with Gasteiger partial charge in [-0.1, -0.05) is 36.8 Å². The van der Waals surface area contributed by atoms with Crippen molar-refractivity contribution in [3.05, 3.63) is 65.5 Å². The lowest BCUT2D eigenvalue weighted by atomic mass is 10.0. The van der Waals surface area contributed by atoms with Crippen LogP contribution in [0.1, 0.15) is 37.4 Å². The molecule has 2 rings (SSSR count). The van der Waals surface area contributed by atoms with Gasteiger partial charge in [0.2, 0.25) is 0 Å². The molecule has 0 heterocycles. The Hall–Kier alpha value is -2.20. The molecule has 0 fully saturated rings. The molecule has 23 heavy (non-hydrogen) atoms. The molecule has 0 aromatic heterocycles. The number of nitrogens with two attached hydrogens (primary N) is 1. The van der Waals surface area contributed by atoms with Gasteiger partial charge in [-0.2, -0.15) is 0 Å². The molecule has 0 aliphatic rings. The number of hydrogen-bond acceptors (Lipinski definition) is 1. The number of aryl methyl sites for hydroxylation is 1. The Morgan fingerprint density at radius 2 is 1.74 bits per heavy atom. The summed E-state index contributed by atoms with van der Waals surface area (Å²) < 4.78 is 12.9. The van der Waals surface area contributed by atoms with E-state index in [1.165, 1.54) is 23.3 Å². The molecule has 2 aromatic rings. The van der Waals surface area contributed by atoms with Crippen molar-refractivity contribution in [1.82, 2.24) is 0 Å². The van der Waals surface area contributed by atoms with Crippen LogP contribution in [0, 0.1) is 12.7 Å². The number of anilines is 1. The van der Waals surface area contributed by atoms with E-state index in [2.05, 4.69) is 48.7 Å². The van der Waals surface area contributed by atoms with E-state index in [9.17, 15) is 9.18 Å². The summed E-state index contributed by atoms with van der Waals surface area (Å²) in [7, 11) is 0. The molecule has 3 N–H and O–H groups in total. The van der Waals surface area contributed by atoms with Gasteiger partial charge in [-0.15, -0.1) is 0 Å². The third-order valence-electron chi connectivity index (χ3n) is 3.99. The maximum absolute atomic E-state index is 12.9. The van der Waals surface area contributed by atoms with Gasteiger partial charge in [0, 0.05) is 17.7 Å². The maximum Gasteiger partial charge on any atom is 0.282 e. The quantitative estimate of drug-likeness (QED) is 0.845. The normalized spacial score (nSPS) is 13.4. The molecule has 3 nitrogen and oxygen atoms in total. The Kier molecular flexibility index (Phi) is 5.88. The molecule has 2 aromatic carbocycles. The molecule has 0 aliphatic heterocycles. The third kappa shape index (κ3) is 4.89. The highest BCUT2D eigenvalue weighted by Crippen LogP contribution is 2.14. The van der Waals surface area contributed by atoms with Crippen molar-refractivity contribution >= 4 is 11.6 Å². The van der Waals surface area contributed by atoms with E-state index in [-0.39, 0.29) is 23.8 Å². The van der Waals surface area contributed by atoms with Gasteiger partial charge in [0.1, 0.15) is 11.9 Å². The van der Waals surface area contributed by atoms with Gasteiger partial charge in [0.25, 0.3) is 5.91 Å². The zero-order valence-electron chi connectivity index (χ0n) is 13.8. The fraction of sp³-hybridized carbons (Fsp3) is 0.316. The smallest absolute Gasteiger partial charge is 0.282 e. The van der Waals surface area contributed by atoms with Crippen LogP contribution in [0.3, 0.4) is 0 Å². The molecule has 4 heteroatoms. The zero-order chi connectivity index (χ0) is 16.8. The molecule has 0 saturated carbocycles. The minimum absolute atomic E-state index is 0.0813. The predicted molar refractivity (Wildman–Crippen MR) is 90.6 cm³/mol. The van der Waals surface area contributed by atoms with Crippen LogP contribution in [0.15, 0.2) is 48.5 Å². The molecule has 0 saturated heterocycles.